The normalized spacial score (nSPS) is 9.90. The molecule has 20 heavy (non-hydrogen) atoms. The van der Waals surface area contributed by atoms with Crippen LogP contribution < -0.4 is 10.1 Å². The Morgan fingerprint density at radius 1 is 1.35 bits per heavy atom. The number of nitriles is 1. The zero-order valence-electron chi connectivity index (χ0n) is 10.8. The summed E-state index contributed by atoms with van der Waals surface area (Å²) in [6.45, 7) is 0.360. The van der Waals surface area contributed by atoms with Crippen LogP contribution in [0.1, 0.15) is 11.1 Å². The van der Waals surface area contributed by atoms with Gasteiger partial charge in [-0.25, -0.2) is 4.39 Å². The van der Waals surface area contributed by atoms with Crippen LogP contribution in [0.15, 0.2) is 36.4 Å². The fourth-order valence-electron chi connectivity index (χ4n) is 1.81. The molecule has 0 bridgehead atoms. The summed E-state index contributed by atoms with van der Waals surface area (Å²) in [7, 11) is 1.51. The molecule has 5 heteroatoms. The highest BCUT2D eigenvalue weighted by atomic mass is 35.5. The molecule has 0 saturated carbocycles. The van der Waals surface area contributed by atoms with E-state index >= 15 is 0 Å². The van der Waals surface area contributed by atoms with Crippen LogP contribution in [0, 0.1) is 17.1 Å². The first kappa shape index (κ1) is 14.2. The van der Waals surface area contributed by atoms with Gasteiger partial charge in [0.2, 0.25) is 0 Å². The molecule has 0 atom stereocenters. The largest absolute Gasteiger partial charge is 0.495 e. The van der Waals surface area contributed by atoms with Crippen molar-refractivity contribution in [3.8, 4) is 11.8 Å². The van der Waals surface area contributed by atoms with Crippen molar-refractivity contribution in [2.45, 2.75) is 6.54 Å². The lowest BCUT2D eigenvalue weighted by molar-refractivity contribution is 0.413. The van der Waals surface area contributed by atoms with E-state index in [1.54, 1.807) is 30.3 Å². The van der Waals surface area contributed by atoms with Gasteiger partial charge in [0.15, 0.2) is 0 Å². The molecule has 0 spiro atoms. The molecule has 3 nitrogen and oxygen atoms in total. The van der Waals surface area contributed by atoms with Crippen LogP contribution in [0.2, 0.25) is 5.02 Å². The van der Waals surface area contributed by atoms with E-state index in [4.69, 9.17) is 21.6 Å². The standard InChI is InChI=1S/C15H12ClFN2O/c1-20-14-6-5-10(7-11(14)8-18)9-19-15-12(16)3-2-4-13(15)17/h2-7,19H,9H2,1H3. The summed E-state index contributed by atoms with van der Waals surface area (Å²) in [6.07, 6.45) is 0. The molecular weight excluding hydrogens is 279 g/mol. The van der Waals surface area contributed by atoms with Crippen molar-refractivity contribution in [3.63, 3.8) is 0 Å². The Bertz CT molecular complexity index is 647. The first-order valence-corrected chi connectivity index (χ1v) is 6.28. The summed E-state index contributed by atoms with van der Waals surface area (Å²) in [4.78, 5) is 0. The predicted molar refractivity (Wildman–Crippen MR) is 76.4 cm³/mol. The third-order valence-electron chi connectivity index (χ3n) is 2.82. The fourth-order valence-corrected chi connectivity index (χ4v) is 2.04. The van der Waals surface area contributed by atoms with Crippen LogP contribution in [0.5, 0.6) is 5.75 Å². The van der Waals surface area contributed by atoms with Gasteiger partial charge in [-0.15, -0.1) is 0 Å². The van der Waals surface area contributed by atoms with Crippen LogP contribution in [0.25, 0.3) is 0 Å². The zero-order chi connectivity index (χ0) is 14.5. The van der Waals surface area contributed by atoms with E-state index in [0.29, 0.717) is 22.9 Å². The molecule has 0 aromatic heterocycles. The van der Waals surface area contributed by atoms with Crippen LogP contribution in [0.3, 0.4) is 0 Å². The molecule has 2 rings (SSSR count). The van der Waals surface area contributed by atoms with Gasteiger partial charge in [0, 0.05) is 6.54 Å². The molecule has 2 aromatic carbocycles. The highest BCUT2D eigenvalue weighted by Crippen LogP contribution is 2.26. The van der Waals surface area contributed by atoms with Crippen molar-refractivity contribution in [1.82, 2.24) is 0 Å². The molecule has 0 aliphatic carbocycles. The number of methoxy groups -OCH3 is 1. The lowest BCUT2D eigenvalue weighted by atomic mass is 10.1. The summed E-state index contributed by atoms with van der Waals surface area (Å²) < 4.78 is 18.7. The average molecular weight is 291 g/mol. The van der Waals surface area contributed by atoms with Crippen molar-refractivity contribution in [3.05, 3.63) is 58.4 Å². The van der Waals surface area contributed by atoms with E-state index in [0.717, 1.165) is 5.56 Å². The highest BCUT2D eigenvalue weighted by molar-refractivity contribution is 6.33. The highest BCUT2D eigenvalue weighted by Gasteiger charge is 2.07. The smallest absolute Gasteiger partial charge is 0.147 e. The lowest BCUT2D eigenvalue weighted by Gasteiger charge is -2.10. The minimum atomic E-state index is -0.411. The van der Waals surface area contributed by atoms with Gasteiger partial charge in [-0.2, -0.15) is 5.26 Å². The van der Waals surface area contributed by atoms with Gasteiger partial charge in [0.1, 0.15) is 17.6 Å². The van der Waals surface area contributed by atoms with E-state index < -0.39 is 5.82 Å². The van der Waals surface area contributed by atoms with Gasteiger partial charge in [-0.05, 0) is 29.8 Å². The van der Waals surface area contributed by atoms with E-state index in [1.165, 1.54) is 13.2 Å². The average Bonchev–Trinajstić information content (AvgIpc) is 2.46. The molecule has 0 fully saturated rings. The van der Waals surface area contributed by atoms with Crippen LogP contribution in [0.4, 0.5) is 10.1 Å². The van der Waals surface area contributed by atoms with Crippen molar-refractivity contribution in [1.29, 1.82) is 5.26 Å². The van der Waals surface area contributed by atoms with E-state index in [2.05, 4.69) is 11.4 Å². The second-order valence-corrected chi connectivity index (χ2v) is 4.50. The SMILES string of the molecule is COc1ccc(CNc2c(F)cccc2Cl)cc1C#N. The van der Waals surface area contributed by atoms with Crippen LogP contribution in [-0.4, -0.2) is 7.11 Å². The second-order valence-electron chi connectivity index (χ2n) is 4.10. The van der Waals surface area contributed by atoms with Crippen LogP contribution in [-0.2, 0) is 6.54 Å². The maximum absolute atomic E-state index is 13.6. The first-order valence-electron chi connectivity index (χ1n) is 5.90. The predicted octanol–water partition coefficient (Wildman–Crippen LogP) is 3.97. The fraction of sp³-hybridized carbons (Fsp3) is 0.133. The van der Waals surface area contributed by atoms with Crippen molar-refractivity contribution < 1.29 is 9.13 Å². The molecule has 0 aliphatic rings. The van der Waals surface area contributed by atoms with E-state index in [1.807, 2.05) is 0 Å². The number of anilines is 1. The maximum atomic E-state index is 13.6. The van der Waals surface area contributed by atoms with E-state index in [9.17, 15) is 4.39 Å². The molecule has 0 unspecified atom stereocenters. The number of rotatable bonds is 4. The topological polar surface area (TPSA) is 45.0 Å². The van der Waals surface area contributed by atoms with Gasteiger partial charge in [-0.1, -0.05) is 23.7 Å². The van der Waals surface area contributed by atoms with E-state index in [-0.39, 0.29) is 5.69 Å². The Labute approximate surface area is 121 Å². The quantitative estimate of drug-likeness (QED) is 0.926. The molecule has 1 N–H and O–H groups in total. The summed E-state index contributed by atoms with van der Waals surface area (Å²) >= 11 is 5.93. The van der Waals surface area contributed by atoms with Gasteiger partial charge >= 0.3 is 0 Å². The molecule has 0 amide bonds. The summed E-state index contributed by atoms with van der Waals surface area (Å²) in [6, 6.07) is 11.8. The third kappa shape index (κ3) is 3.01. The monoisotopic (exact) mass is 290 g/mol. The van der Waals surface area contributed by atoms with Gasteiger partial charge in [0.25, 0.3) is 0 Å². The number of hydrogen-bond donors (Lipinski definition) is 1. The molecular formula is C15H12ClFN2O. The Hall–Kier alpha value is -2.25. The lowest BCUT2D eigenvalue weighted by Crippen LogP contribution is -2.02. The van der Waals surface area contributed by atoms with Crippen molar-refractivity contribution in [2.24, 2.45) is 0 Å². The molecule has 0 aliphatic heterocycles. The van der Waals surface area contributed by atoms with Gasteiger partial charge < -0.3 is 10.1 Å². The minimum Gasteiger partial charge on any atom is -0.495 e. The Kier molecular flexibility index (Phi) is 4.44. The van der Waals surface area contributed by atoms with Crippen molar-refractivity contribution >= 4 is 17.3 Å². The molecule has 0 saturated heterocycles. The number of ether oxygens (including phenoxy) is 1. The molecule has 0 heterocycles. The Morgan fingerprint density at radius 2 is 2.15 bits per heavy atom. The molecule has 102 valence electrons. The van der Waals surface area contributed by atoms with Crippen LogP contribution >= 0.6 is 11.6 Å². The zero-order valence-corrected chi connectivity index (χ0v) is 11.5. The summed E-state index contributed by atoms with van der Waals surface area (Å²) in [5.41, 5.74) is 1.52. The molecule has 2 aromatic rings. The maximum Gasteiger partial charge on any atom is 0.147 e. The number of halogens is 2. The number of benzene rings is 2. The molecule has 0 radical (unpaired) electrons. The second kappa shape index (κ2) is 6.27. The van der Waals surface area contributed by atoms with Gasteiger partial charge in [-0.3, -0.25) is 0 Å². The Morgan fingerprint density at radius 3 is 2.80 bits per heavy atom. The minimum absolute atomic E-state index is 0.253. The number of hydrogen-bond acceptors (Lipinski definition) is 3. The van der Waals surface area contributed by atoms with Crippen molar-refractivity contribution in [2.75, 3.05) is 12.4 Å². The Balaban J connectivity index is 2.18. The third-order valence-corrected chi connectivity index (χ3v) is 3.13. The summed E-state index contributed by atoms with van der Waals surface area (Å²) in [5.74, 6) is 0.103. The first-order chi connectivity index (χ1) is 9.65. The number of para-hydroxylation sites is 1. The summed E-state index contributed by atoms with van der Waals surface area (Å²) in [5, 5.41) is 12.3. The number of nitrogens with one attached hydrogen (secondary N) is 1. The van der Waals surface area contributed by atoms with Gasteiger partial charge in [0.05, 0.1) is 23.4 Å². The number of nitrogens with zero attached hydrogens (tertiary/aromatic N) is 1.